The molecule has 7 rings (SSSR count). The average molecular weight is 796 g/mol. The second kappa shape index (κ2) is 16.5. The zero-order valence-corrected chi connectivity index (χ0v) is 34.0. The summed E-state index contributed by atoms with van der Waals surface area (Å²) in [6.07, 6.45) is 6.50. The van der Waals surface area contributed by atoms with Gasteiger partial charge in [-0.15, -0.1) is 0 Å². The molecule has 11 atom stereocenters. The van der Waals surface area contributed by atoms with Crippen LogP contribution < -0.4 is 16.0 Å². The number of aliphatic imine (C=N–C) groups is 1. The Morgan fingerprint density at radius 3 is 2.38 bits per heavy atom. The maximum atomic E-state index is 13.9. The summed E-state index contributed by atoms with van der Waals surface area (Å²) in [5.41, 5.74) is 0.513. The third-order valence-corrected chi connectivity index (χ3v) is 15.2. The molecule has 2 aromatic carbocycles. The first-order valence-corrected chi connectivity index (χ1v) is 21.0. The number of amides is 2. The van der Waals surface area contributed by atoms with Crippen molar-refractivity contribution in [3.63, 3.8) is 0 Å². The lowest BCUT2D eigenvalue weighted by Gasteiger charge is -2.64. The molecule has 3 N–H and O–H groups in total. The Labute approximate surface area is 335 Å². The number of esters is 1. The maximum absolute atomic E-state index is 13.9. The molecular weight excluding hydrogens is 739 g/mol. The zero-order chi connectivity index (χ0) is 38.9. The number of benzene rings is 2. The molecule has 1 heterocycles. The second-order valence-electron chi connectivity index (χ2n) is 17.2. The topological polar surface area (TPSA) is 127 Å². The number of hydrogen-bond donors (Lipinski definition) is 3. The fourth-order valence-electron chi connectivity index (χ4n) is 11.8. The maximum Gasteiger partial charge on any atom is 0.411 e. The van der Waals surface area contributed by atoms with E-state index >= 15 is 0 Å². The van der Waals surface area contributed by atoms with Crippen LogP contribution in [0.4, 0.5) is 21.0 Å². The van der Waals surface area contributed by atoms with Crippen molar-refractivity contribution in [2.45, 2.75) is 97.2 Å². The predicted molar refractivity (Wildman–Crippen MR) is 215 cm³/mol. The van der Waals surface area contributed by atoms with E-state index in [0.29, 0.717) is 46.6 Å². The van der Waals surface area contributed by atoms with Crippen LogP contribution in [0.25, 0.3) is 0 Å². The van der Waals surface area contributed by atoms with E-state index in [1.807, 2.05) is 30.3 Å². The number of nitrogens with one attached hydrogen (secondary N) is 3. The highest BCUT2D eigenvalue weighted by Crippen LogP contribution is 2.69. The van der Waals surface area contributed by atoms with Crippen molar-refractivity contribution in [1.82, 2.24) is 5.32 Å². The molecule has 0 unspecified atom stereocenters. The highest BCUT2D eigenvalue weighted by Gasteiger charge is 2.68. The molecule has 0 bridgehead atoms. The van der Waals surface area contributed by atoms with Crippen molar-refractivity contribution in [3.8, 4) is 0 Å². The first-order chi connectivity index (χ1) is 26.4. The van der Waals surface area contributed by atoms with Crippen LogP contribution in [-0.4, -0.2) is 56.4 Å². The standard InChI is InChI=1S/C43H56Cl2N4O6/c1-25(14-17-36(50)53-4)29-15-16-30-37-31(24-35(43(29,30)3)55-40(51)48-28-10-6-5-7-11-28)42(2)19-18-26(39-46-20-9-21-47-39)22-27(42)23-34(37)54-41(52)49-38-32(44)12-8-13-33(38)45/h5-8,10-13,25-27,29-31,34-35,37H,9,14-24H2,1-4H3,(H,46,47)(H,48,51)(H,49,52)/t25-,26-,27+,29-,30+,31+,34-,35+,37+,42+,43-/m1/s1. The minimum atomic E-state index is -0.573. The molecule has 298 valence electrons. The van der Waals surface area contributed by atoms with Gasteiger partial charge in [-0.05, 0) is 117 Å². The van der Waals surface area contributed by atoms with Crippen LogP contribution in [0.15, 0.2) is 53.5 Å². The van der Waals surface area contributed by atoms with E-state index in [1.54, 1.807) is 18.2 Å². The van der Waals surface area contributed by atoms with Crippen molar-refractivity contribution in [1.29, 1.82) is 0 Å². The number of rotatable bonds is 9. The van der Waals surface area contributed by atoms with Crippen LogP contribution in [0.5, 0.6) is 0 Å². The monoisotopic (exact) mass is 794 g/mol. The van der Waals surface area contributed by atoms with Gasteiger partial charge in [0.25, 0.3) is 0 Å². The van der Waals surface area contributed by atoms with Crippen LogP contribution in [0.3, 0.4) is 0 Å². The van der Waals surface area contributed by atoms with Gasteiger partial charge in [-0.25, -0.2) is 9.59 Å². The Bertz CT molecular complexity index is 1740. The van der Waals surface area contributed by atoms with Crippen LogP contribution in [-0.2, 0) is 19.0 Å². The van der Waals surface area contributed by atoms with Crippen LogP contribution in [0.1, 0.15) is 85.0 Å². The summed E-state index contributed by atoms with van der Waals surface area (Å²) in [5, 5.41) is 10.1. The number of anilines is 2. The summed E-state index contributed by atoms with van der Waals surface area (Å²) in [6, 6.07) is 14.5. The van der Waals surface area contributed by atoms with Crippen molar-refractivity contribution < 1.29 is 28.6 Å². The lowest BCUT2D eigenvalue weighted by atomic mass is 9.42. The number of amidine groups is 1. The van der Waals surface area contributed by atoms with Crippen molar-refractivity contribution in [3.05, 3.63) is 58.6 Å². The Morgan fingerprint density at radius 2 is 1.67 bits per heavy atom. The fraction of sp³-hybridized carbons (Fsp3) is 0.628. The molecule has 12 heteroatoms. The highest BCUT2D eigenvalue weighted by atomic mass is 35.5. The first kappa shape index (κ1) is 39.7. The van der Waals surface area contributed by atoms with Gasteiger partial charge in [0.15, 0.2) is 0 Å². The van der Waals surface area contributed by atoms with Crippen LogP contribution in [0.2, 0.25) is 10.0 Å². The Morgan fingerprint density at radius 1 is 0.927 bits per heavy atom. The van der Waals surface area contributed by atoms with E-state index in [2.05, 4.69) is 36.7 Å². The molecule has 0 saturated heterocycles. The quantitative estimate of drug-likeness (QED) is 0.170. The summed E-state index contributed by atoms with van der Waals surface area (Å²) in [4.78, 5) is 44.9. The number of carbonyl (C=O) groups excluding carboxylic acids is 3. The number of methoxy groups -OCH3 is 1. The van der Waals surface area contributed by atoms with Gasteiger partial charge in [0.05, 0.1) is 28.7 Å². The number of ether oxygens (including phenoxy) is 3. The van der Waals surface area contributed by atoms with E-state index < -0.39 is 17.6 Å². The lowest BCUT2D eigenvalue weighted by Crippen LogP contribution is -2.63. The minimum Gasteiger partial charge on any atom is -0.469 e. The van der Waals surface area contributed by atoms with E-state index in [4.69, 9.17) is 42.4 Å². The second-order valence-corrected chi connectivity index (χ2v) is 18.0. The number of para-hydroxylation sites is 2. The van der Waals surface area contributed by atoms with Crippen LogP contribution in [0, 0.1) is 52.3 Å². The van der Waals surface area contributed by atoms with Gasteiger partial charge in [0.2, 0.25) is 0 Å². The number of nitrogens with zero attached hydrogens (tertiary/aromatic N) is 1. The minimum absolute atomic E-state index is 0.0373. The first-order valence-electron chi connectivity index (χ1n) is 20.2. The van der Waals surface area contributed by atoms with E-state index in [1.165, 1.54) is 7.11 Å². The van der Waals surface area contributed by atoms with Crippen molar-refractivity contribution >= 4 is 58.6 Å². The van der Waals surface area contributed by atoms with E-state index in [-0.39, 0.29) is 59.1 Å². The molecular formula is C43H56Cl2N4O6. The molecule has 4 saturated carbocycles. The summed E-state index contributed by atoms with van der Waals surface area (Å²) in [5.74, 6) is 2.11. The normalized spacial score (nSPS) is 34.3. The third-order valence-electron chi connectivity index (χ3n) is 14.5. The SMILES string of the molecule is COC(=O)CC[C@@H](C)[C@H]1CC[C@H]2[C@@H]3[C@H](OC(=O)Nc4c(Cl)cccc4Cl)C[C@@H]4C[C@H](C5=NCCCN5)CC[C@]4(C)[C@H]3C[C@H](OC(=O)Nc3ccccc3)[C@]12C. The number of halogens is 2. The van der Waals surface area contributed by atoms with Gasteiger partial charge in [0, 0.05) is 42.4 Å². The van der Waals surface area contributed by atoms with Gasteiger partial charge in [-0.2, -0.15) is 0 Å². The number of carbonyl (C=O) groups is 3. The number of hydrogen-bond acceptors (Lipinski definition) is 8. The van der Waals surface area contributed by atoms with Crippen molar-refractivity contribution in [2.24, 2.45) is 57.2 Å². The average Bonchev–Trinajstić information content (AvgIpc) is 3.54. The summed E-state index contributed by atoms with van der Waals surface area (Å²) in [6.45, 7) is 8.74. The highest BCUT2D eigenvalue weighted by molar-refractivity contribution is 6.39. The summed E-state index contributed by atoms with van der Waals surface area (Å²) >= 11 is 13.0. The molecule has 4 fully saturated rings. The van der Waals surface area contributed by atoms with Gasteiger partial charge in [0.1, 0.15) is 12.2 Å². The van der Waals surface area contributed by atoms with Gasteiger partial charge in [-0.3, -0.25) is 20.4 Å². The van der Waals surface area contributed by atoms with Gasteiger partial charge in [-0.1, -0.05) is 68.2 Å². The predicted octanol–water partition coefficient (Wildman–Crippen LogP) is 10.0. The third kappa shape index (κ3) is 7.92. The van der Waals surface area contributed by atoms with E-state index in [0.717, 1.165) is 63.9 Å². The smallest absolute Gasteiger partial charge is 0.411 e. The molecule has 2 amide bonds. The Kier molecular flexibility index (Phi) is 11.9. The molecule has 10 nitrogen and oxygen atoms in total. The molecule has 0 radical (unpaired) electrons. The fourth-order valence-corrected chi connectivity index (χ4v) is 12.3. The largest absolute Gasteiger partial charge is 0.469 e. The molecule has 0 spiro atoms. The van der Waals surface area contributed by atoms with Crippen molar-refractivity contribution in [2.75, 3.05) is 30.8 Å². The summed E-state index contributed by atoms with van der Waals surface area (Å²) in [7, 11) is 1.43. The molecule has 5 aliphatic rings. The van der Waals surface area contributed by atoms with E-state index in [9.17, 15) is 14.4 Å². The lowest BCUT2D eigenvalue weighted by molar-refractivity contribution is -0.201. The number of fused-ring (bicyclic) bond motifs is 5. The van der Waals surface area contributed by atoms with Crippen LogP contribution >= 0.6 is 23.2 Å². The summed E-state index contributed by atoms with van der Waals surface area (Å²) < 4.78 is 18.2. The van der Waals surface area contributed by atoms with Gasteiger partial charge >= 0.3 is 18.2 Å². The van der Waals surface area contributed by atoms with Gasteiger partial charge < -0.3 is 19.5 Å². The molecule has 1 aliphatic heterocycles. The Balaban J connectivity index is 1.24. The zero-order valence-electron chi connectivity index (χ0n) is 32.5. The molecule has 4 aliphatic carbocycles. The molecule has 2 aromatic rings. The molecule has 55 heavy (non-hydrogen) atoms. The molecule has 0 aromatic heterocycles. The Hall–Kier alpha value is -3.50.